The summed E-state index contributed by atoms with van der Waals surface area (Å²) in [5.74, 6) is 0. The SMILES string of the molecule is c1cc(CN=NC2CCC2)c2[nH]ccc2c1. The van der Waals surface area contributed by atoms with Gasteiger partial charge in [0.25, 0.3) is 0 Å². The lowest BCUT2D eigenvalue weighted by Gasteiger charge is -2.18. The number of nitrogens with one attached hydrogen (secondary N) is 1. The van der Waals surface area contributed by atoms with E-state index >= 15 is 0 Å². The normalized spacial score (nSPS) is 17.0. The first-order valence-corrected chi connectivity index (χ1v) is 5.85. The third-order valence-corrected chi connectivity index (χ3v) is 3.23. The number of benzene rings is 1. The molecule has 2 aromatic rings. The number of para-hydroxylation sites is 1. The number of hydrogen-bond donors (Lipinski definition) is 1. The molecule has 1 saturated carbocycles. The second-order valence-corrected chi connectivity index (χ2v) is 4.36. The molecule has 3 nitrogen and oxygen atoms in total. The van der Waals surface area contributed by atoms with Crippen LogP contribution in [0.4, 0.5) is 0 Å². The third kappa shape index (κ3) is 1.73. The number of aromatic nitrogens is 1. The fourth-order valence-electron chi connectivity index (χ4n) is 2.02. The summed E-state index contributed by atoms with van der Waals surface area (Å²) in [5, 5.41) is 9.87. The summed E-state index contributed by atoms with van der Waals surface area (Å²) in [5.41, 5.74) is 2.42. The van der Waals surface area contributed by atoms with Crippen molar-refractivity contribution in [3.63, 3.8) is 0 Å². The van der Waals surface area contributed by atoms with Crippen molar-refractivity contribution in [3.05, 3.63) is 36.0 Å². The van der Waals surface area contributed by atoms with E-state index < -0.39 is 0 Å². The van der Waals surface area contributed by atoms with E-state index in [0.717, 1.165) is 0 Å². The molecule has 1 N–H and O–H groups in total. The highest BCUT2D eigenvalue weighted by Crippen LogP contribution is 2.23. The summed E-state index contributed by atoms with van der Waals surface area (Å²) in [6.07, 6.45) is 5.72. The van der Waals surface area contributed by atoms with Crippen LogP contribution in [0.25, 0.3) is 10.9 Å². The average molecular weight is 213 g/mol. The summed E-state index contributed by atoms with van der Waals surface area (Å²) in [6, 6.07) is 8.88. The van der Waals surface area contributed by atoms with Gasteiger partial charge in [-0.15, -0.1) is 0 Å². The van der Waals surface area contributed by atoms with Gasteiger partial charge in [-0.1, -0.05) is 18.2 Å². The van der Waals surface area contributed by atoms with E-state index in [0.29, 0.717) is 12.6 Å². The van der Waals surface area contributed by atoms with E-state index in [-0.39, 0.29) is 0 Å². The molecule has 0 aliphatic heterocycles. The Morgan fingerprint density at radius 1 is 1.25 bits per heavy atom. The van der Waals surface area contributed by atoms with E-state index in [4.69, 9.17) is 0 Å². The lowest BCUT2D eigenvalue weighted by Crippen LogP contribution is -2.13. The fraction of sp³-hybridized carbons (Fsp3) is 0.385. The lowest BCUT2D eigenvalue weighted by atomic mass is 9.94. The minimum absolute atomic E-state index is 0.503. The molecule has 0 spiro atoms. The number of H-pyrrole nitrogens is 1. The molecule has 1 heterocycles. The first-order chi connectivity index (χ1) is 7.93. The highest BCUT2D eigenvalue weighted by Gasteiger charge is 2.15. The predicted octanol–water partition coefficient (Wildman–Crippen LogP) is 3.67. The zero-order valence-corrected chi connectivity index (χ0v) is 9.19. The van der Waals surface area contributed by atoms with Crippen LogP contribution in [-0.4, -0.2) is 11.0 Å². The number of rotatable bonds is 3. The van der Waals surface area contributed by atoms with Gasteiger partial charge in [0.1, 0.15) is 0 Å². The van der Waals surface area contributed by atoms with Gasteiger partial charge in [0.05, 0.1) is 18.1 Å². The van der Waals surface area contributed by atoms with Crippen molar-refractivity contribution in [2.24, 2.45) is 10.2 Å². The molecule has 16 heavy (non-hydrogen) atoms. The van der Waals surface area contributed by atoms with Gasteiger partial charge in [0.2, 0.25) is 0 Å². The van der Waals surface area contributed by atoms with Gasteiger partial charge in [0, 0.05) is 6.20 Å². The van der Waals surface area contributed by atoms with Crippen LogP contribution < -0.4 is 0 Å². The van der Waals surface area contributed by atoms with E-state index in [9.17, 15) is 0 Å². The molecule has 1 aliphatic rings. The number of nitrogens with zero attached hydrogens (tertiary/aromatic N) is 2. The van der Waals surface area contributed by atoms with Crippen molar-refractivity contribution < 1.29 is 0 Å². The van der Waals surface area contributed by atoms with Gasteiger partial charge in [0.15, 0.2) is 0 Å². The molecule has 1 aromatic heterocycles. The van der Waals surface area contributed by atoms with Crippen LogP contribution in [0.15, 0.2) is 40.7 Å². The van der Waals surface area contributed by atoms with Crippen molar-refractivity contribution in [2.45, 2.75) is 31.8 Å². The number of hydrogen-bond acceptors (Lipinski definition) is 2. The maximum atomic E-state index is 4.33. The summed E-state index contributed by atoms with van der Waals surface area (Å²) in [4.78, 5) is 3.25. The second kappa shape index (κ2) is 4.08. The average Bonchev–Trinajstić information content (AvgIpc) is 2.70. The van der Waals surface area contributed by atoms with Gasteiger partial charge in [-0.2, -0.15) is 10.2 Å². The monoisotopic (exact) mass is 213 g/mol. The van der Waals surface area contributed by atoms with Gasteiger partial charge in [-0.05, 0) is 36.3 Å². The molecule has 0 saturated heterocycles. The molecular weight excluding hydrogens is 198 g/mol. The van der Waals surface area contributed by atoms with Crippen LogP contribution in [0.3, 0.4) is 0 Å². The van der Waals surface area contributed by atoms with Crippen molar-refractivity contribution in [2.75, 3.05) is 0 Å². The van der Waals surface area contributed by atoms with Crippen molar-refractivity contribution >= 4 is 10.9 Å². The molecule has 0 radical (unpaired) electrons. The van der Waals surface area contributed by atoms with Crippen molar-refractivity contribution in [3.8, 4) is 0 Å². The third-order valence-electron chi connectivity index (χ3n) is 3.23. The Hall–Kier alpha value is -1.64. The van der Waals surface area contributed by atoms with Crippen LogP contribution in [0.1, 0.15) is 24.8 Å². The first-order valence-electron chi connectivity index (χ1n) is 5.85. The molecule has 3 heteroatoms. The molecule has 0 bridgehead atoms. The van der Waals surface area contributed by atoms with E-state index in [1.165, 1.54) is 35.7 Å². The number of azo groups is 1. The second-order valence-electron chi connectivity index (χ2n) is 4.36. The van der Waals surface area contributed by atoms with Crippen LogP contribution in [-0.2, 0) is 6.54 Å². The zero-order valence-electron chi connectivity index (χ0n) is 9.19. The fourth-order valence-corrected chi connectivity index (χ4v) is 2.02. The Morgan fingerprint density at radius 3 is 3.00 bits per heavy atom. The quantitative estimate of drug-likeness (QED) is 0.756. The molecule has 1 aromatic carbocycles. The van der Waals surface area contributed by atoms with E-state index in [1.807, 2.05) is 6.20 Å². The molecular formula is C13H15N3. The summed E-state index contributed by atoms with van der Waals surface area (Å²) < 4.78 is 0. The Labute approximate surface area is 94.6 Å². The van der Waals surface area contributed by atoms with Crippen LogP contribution >= 0.6 is 0 Å². The van der Waals surface area contributed by atoms with Crippen molar-refractivity contribution in [1.82, 2.24) is 4.98 Å². The topological polar surface area (TPSA) is 40.5 Å². The van der Waals surface area contributed by atoms with Gasteiger partial charge < -0.3 is 4.98 Å². The molecule has 0 unspecified atom stereocenters. The van der Waals surface area contributed by atoms with Crippen LogP contribution in [0, 0.1) is 0 Å². The van der Waals surface area contributed by atoms with Gasteiger partial charge in [-0.3, -0.25) is 0 Å². The molecule has 3 rings (SSSR count). The number of aromatic amines is 1. The van der Waals surface area contributed by atoms with E-state index in [1.54, 1.807) is 0 Å². The maximum Gasteiger partial charge on any atom is 0.0869 e. The minimum atomic E-state index is 0.503. The number of fused-ring (bicyclic) bond motifs is 1. The van der Waals surface area contributed by atoms with Crippen LogP contribution in [0.5, 0.6) is 0 Å². The van der Waals surface area contributed by atoms with Crippen LogP contribution in [0.2, 0.25) is 0 Å². The Morgan fingerprint density at radius 2 is 2.19 bits per heavy atom. The van der Waals surface area contributed by atoms with Gasteiger partial charge in [-0.25, -0.2) is 0 Å². The lowest BCUT2D eigenvalue weighted by molar-refractivity contribution is 0.401. The summed E-state index contributed by atoms with van der Waals surface area (Å²) >= 11 is 0. The largest absolute Gasteiger partial charge is 0.361 e. The molecule has 1 aliphatic carbocycles. The standard InChI is InChI=1S/C13H15N3/c1-3-10-7-8-14-13(10)11(4-1)9-15-16-12-5-2-6-12/h1,3-4,7-8,12,14H,2,5-6,9H2. The predicted molar refractivity (Wildman–Crippen MR) is 64.5 cm³/mol. The highest BCUT2D eigenvalue weighted by atomic mass is 15.1. The maximum absolute atomic E-state index is 4.33. The Kier molecular flexibility index (Phi) is 2.44. The summed E-state index contributed by atoms with van der Waals surface area (Å²) in [7, 11) is 0. The molecule has 0 amide bonds. The highest BCUT2D eigenvalue weighted by molar-refractivity contribution is 5.82. The van der Waals surface area contributed by atoms with E-state index in [2.05, 4.69) is 39.5 Å². The van der Waals surface area contributed by atoms with Gasteiger partial charge >= 0.3 is 0 Å². The molecule has 82 valence electrons. The van der Waals surface area contributed by atoms with Crippen molar-refractivity contribution in [1.29, 1.82) is 0 Å². The first kappa shape index (κ1) is 9.58. The smallest absolute Gasteiger partial charge is 0.0869 e. The summed E-state index contributed by atoms with van der Waals surface area (Å²) in [6.45, 7) is 0.689. The molecule has 1 fully saturated rings. The zero-order chi connectivity index (χ0) is 10.8. The minimum Gasteiger partial charge on any atom is -0.361 e. The Bertz CT molecular complexity index is 509. The molecule has 0 atom stereocenters. The Balaban J connectivity index is 1.77.